The standard InChI is InChI=1S/C24H22N2O3/c1-13-10-14(2)12-17(11-13)26-23(28)19-20(24(26)29)22-18-7-5-4-6-16(18)8-9-25(22)21(19)15(3)27/h4-12,19-22H,1-3H3/p+1/t19-,20+,21-,22+/m1/s1. The molecule has 2 saturated heterocycles. The molecule has 5 rings (SSSR count). The van der Waals surface area contributed by atoms with Crippen LogP contribution in [0.2, 0.25) is 0 Å². The maximum atomic E-state index is 13.6. The summed E-state index contributed by atoms with van der Waals surface area (Å²) in [5.74, 6) is -1.65. The van der Waals surface area contributed by atoms with Crippen LogP contribution in [0, 0.1) is 25.7 Å². The van der Waals surface area contributed by atoms with E-state index in [1.54, 1.807) is 0 Å². The number of aryl methyl sites for hydroxylation is 2. The number of nitrogens with one attached hydrogen (secondary N) is 1. The van der Waals surface area contributed by atoms with Crippen LogP contribution < -0.4 is 9.80 Å². The zero-order valence-electron chi connectivity index (χ0n) is 16.7. The van der Waals surface area contributed by atoms with E-state index in [9.17, 15) is 14.4 Å². The van der Waals surface area contributed by atoms with Crippen molar-refractivity contribution in [2.24, 2.45) is 11.8 Å². The Labute approximate surface area is 169 Å². The molecule has 29 heavy (non-hydrogen) atoms. The number of benzene rings is 2. The number of ketones is 1. The lowest BCUT2D eigenvalue weighted by Gasteiger charge is -2.30. The van der Waals surface area contributed by atoms with Gasteiger partial charge in [0.2, 0.25) is 11.8 Å². The number of quaternary nitrogens is 1. The lowest BCUT2D eigenvalue weighted by atomic mass is 9.84. The van der Waals surface area contributed by atoms with E-state index in [0.717, 1.165) is 27.2 Å². The Morgan fingerprint density at radius 3 is 2.31 bits per heavy atom. The maximum Gasteiger partial charge on any atom is 0.244 e. The van der Waals surface area contributed by atoms with Gasteiger partial charge in [0.05, 0.1) is 11.9 Å². The van der Waals surface area contributed by atoms with Gasteiger partial charge in [-0.2, -0.15) is 0 Å². The quantitative estimate of drug-likeness (QED) is 0.802. The average Bonchev–Trinajstić information content (AvgIpc) is 3.14. The smallest absolute Gasteiger partial charge is 0.244 e. The minimum Gasteiger partial charge on any atom is -0.293 e. The van der Waals surface area contributed by atoms with Gasteiger partial charge in [-0.25, -0.2) is 4.90 Å². The van der Waals surface area contributed by atoms with Crippen LogP contribution in [0.25, 0.3) is 6.08 Å². The molecule has 0 spiro atoms. The number of carbonyl (C=O) groups is 3. The molecule has 146 valence electrons. The summed E-state index contributed by atoms with van der Waals surface area (Å²) < 4.78 is 0. The van der Waals surface area contributed by atoms with Crippen LogP contribution >= 0.6 is 0 Å². The first-order valence-electron chi connectivity index (χ1n) is 9.99. The van der Waals surface area contributed by atoms with Gasteiger partial charge in [0, 0.05) is 12.5 Å². The molecule has 5 nitrogen and oxygen atoms in total. The molecule has 2 aromatic carbocycles. The number of anilines is 1. The highest BCUT2D eigenvalue weighted by atomic mass is 16.2. The normalized spacial score (nSPS) is 29.6. The topological polar surface area (TPSA) is 58.9 Å². The zero-order chi connectivity index (χ0) is 20.4. The van der Waals surface area contributed by atoms with Crippen LogP contribution in [-0.2, 0) is 14.4 Å². The minimum absolute atomic E-state index is 0.0510. The van der Waals surface area contributed by atoms with Gasteiger partial charge in [-0.15, -0.1) is 0 Å². The molecule has 0 aliphatic carbocycles. The summed E-state index contributed by atoms with van der Waals surface area (Å²) >= 11 is 0. The Morgan fingerprint density at radius 1 is 0.966 bits per heavy atom. The Hall–Kier alpha value is -3.05. The van der Waals surface area contributed by atoms with E-state index in [1.165, 1.54) is 11.8 Å². The second-order valence-electron chi connectivity index (χ2n) is 8.44. The average molecular weight is 387 g/mol. The molecule has 0 aromatic heterocycles. The van der Waals surface area contributed by atoms with E-state index in [-0.39, 0.29) is 23.6 Å². The first-order valence-corrected chi connectivity index (χ1v) is 9.99. The number of Topliss-reactive ketones (excluding diaryl/α,β-unsaturated/α-hetero) is 1. The third-order valence-corrected chi connectivity index (χ3v) is 6.52. The zero-order valence-corrected chi connectivity index (χ0v) is 16.7. The number of hydrogen-bond acceptors (Lipinski definition) is 3. The van der Waals surface area contributed by atoms with Crippen molar-refractivity contribution in [2.75, 3.05) is 4.90 Å². The van der Waals surface area contributed by atoms with Gasteiger partial charge in [0.15, 0.2) is 11.8 Å². The van der Waals surface area contributed by atoms with Gasteiger partial charge >= 0.3 is 0 Å². The highest BCUT2D eigenvalue weighted by Gasteiger charge is 2.67. The van der Waals surface area contributed by atoms with Gasteiger partial charge in [0.1, 0.15) is 17.9 Å². The summed E-state index contributed by atoms with van der Waals surface area (Å²) in [6, 6.07) is 12.9. The molecule has 2 amide bonds. The summed E-state index contributed by atoms with van der Waals surface area (Å²) in [7, 11) is 0. The SMILES string of the molecule is CC(=O)[C@@H]1[C@@H]2C(=O)N(c3cc(C)cc(C)c3)C(=O)[C@@H]2[C@@H]2c3ccccc3C=C[NH+]12. The Kier molecular flexibility index (Phi) is 3.87. The molecule has 5 heteroatoms. The highest BCUT2D eigenvalue weighted by Crippen LogP contribution is 2.44. The fourth-order valence-corrected chi connectivity index (χ4v) is 5.56. The van der Waals surface area contributed by atoms with Crippen molar-refractivity contribution in [1.82, 2.24) is 0 Å². The number of fused-ring (bicyclic) bond motifs is 5. The second kappa shape index (κ2) is 6.22. The molecule has 5 atom stereocenters. The molecule has 0 saturated carbocycles. The van der Waals surface area contributed by atoms with E-state index >= 15 is 0 Å². The fraction of sp³-hybridized carbons (Fsp3) is 0.292. The monoisotopic (exact) mass is 387 g/mol. The first-order chi connectivity index (χ1) is 13.9. The molecular formula is C24H23N2O3+. The largest absolute Gasteiger partial charge is 0.293 e. The molecule has 3 aliphatic heterocycles. The molecular weight excluding hydrogens is 364 g/mol. The molecule has 1 N–H and O–H groups in total. The van der Waals surface area contributed by atoms with Crippen molar-refractivity contribution >= 4 is 29.4 Å². The van der Waals surface area contributed by atoms with Crippen molar-refractivity contribution in [3.63, 3.8) is 0 Å². The number of amides is 2. The first kappa shape index (κ1) is 18.0. The minimum atomic E-state index is -0.628. The van der Waals surface area contributed by atoms with E-state index in [2.05, 4.69) is 0 Å². The van der Waals surface area contributed by atoms with Crippen LogP contribution in [0.15, 0.2) is 48.7 Å². The summed E-state index contributed by atoms with van der Waals surface area (Å²) in [4.78, 5) is 42.0. The molecule has 0 bridgehead atoms. The highest BCUT2D eigenvalue weighted by molar-refractivity contribution is 6.23. The number of imide groups is 1. The molecule has 0 radical (unpaired) electrons. The summed E-state index contributed by atoms with van der Waals surface area (Å²) in [5, 5.41) is 0. The van der Waals surface area contributed by atoms with Crippen molar-refractivity contribution in [3.8, 4) is 0 Å². The van der Waals surface area contributed by atoms with Crippen LogP contribution in [0.3, 0.4) is 0 Å². The maximum absolute atomic E-state index is 13.6. The Morgan fingerprint density at radius 2 is 1.62 bits per heavy atom. The lowest BCUT2D eigenvalue weighted by molar-refractivity contribution is -0.884. The van der Waals surface area contributed by atoms with Crippen molar-refractivity contribution in [3.05, 3.63) is 70.9 Å². The van der Waals surface area contributed by atoms with Gasteiger partial charge in [-0.1, -0.05) is 30.3 Å². The van der Waals surface area contributed by atoms with Crippen LogP contribution in [0.5, 0.6) is 0 Å². The predicted molar refractivity (Wildman–Crippen MR) is 109 cm³/mol. The van der Waals surface area contributed by atoms with E-state index in [4.69, 9.17) is 0 Å². The summed E-state index contributed by atoms with van der Waals surface area (Å²) in [6.45, 7) is 5.44. The van der Waals surface area contributed by atoms with Crippen LogP contribution in [-0.4, -0.2) is 23.6 Å². The van der Waals surface area contributed by atoms with Crippen molar-refractivity contribution in [2.45, 2.75) is 32.9 Å². The Balaban J connectivity index is 1.66. The van der Waals surface area contributed by atoms with Crippen molar-refractivity contribution in [1.29, 1.82) is 0 Å². The third-order valence-electron chi connectivity index (χ3n) is 6.52. The molecule has 2 fully saturated rings. The number of carbonyl (C=O) groups excluding carboxylic acids is 3. The molecule has 1 unspecified atom stereocenters. The van der Waals surface area contributed by atoms with Gasteiger partial charge < -0.3 is 0 Å². The predicted octanol–water partition coefficient (Wildman–Crippen LogP) is 1.99. The van der Waals surface area contributed by atoms with Gasteiger partial charge in [0.25, 0.3) is 0 Å². The molecule has 3 heterocycles. The lowest BCUT2D eigenvalue weighted by Crippen LogP contribution is -3.12. The Bertz CT molecular complexity index is 1080. The van der Waals surface area contributed by atoms with Gasteiger partial charge in [-0.3, -0.25) is 19.3 Å². The number of rotatable bonds is 2. The van der Waals surface area contributed by atoms with Gasteiger partial charge in [-0.05, 0) is 48.7 Å². The third kappa shape index (κ3) is 2.47. The van der Waals surface area contributed by atoms with E-state index in [0.29, 0.717) is 5.69 Å². The number of hydrogen-bond donors (Lipinski definition) is 1. The molecule has 3 aliphatic rings. The summed E-state index contributed by atoms with van der Waals surface area (Å²) in [5.41, 5.74) is 4.69. The van der Waals surface area contributed by atoms with E-state index < -0.39 is 17.9 Å². The molecule has 2 aromatic rings. The van der Waals surface area contributed by atoms with Crippen molar-refractivity contribution < 1.29 is 19.3 Å². The van der Waals surface area contributed by atoms with Crippen LogP contribution in [0.1, 0.15) is 35.2 Å². The summed E-state index contributed by atoms with van der Waals surface area (Å²) in [6.07, 6.45) is 3.95. The second-order valence-corrected chi connectivity index (χ2v) is 8.44. The fourth-order valence-electron chi connectivity index (χ4n) is 5.56. The number of nitrogens with zero attached hydrogens (tertiary/aromatic N) is 1. The van der Waals surface area contributed by atoms with Crippen LogP contribution in [0.4, 0.5) is 5.69 Å². The van der Waals surface area contributed by atoms with E-state index in [1.807, 2.05) is 68.6 Å².